The predicted octanol–water partition coefficient (Wildman–Crippen LogP) is 4.78. The van der Waals surface area contributed by atoms with Crippen LogP contribution in [0.2, 0.25) is 0 Å². The maximum atomic E-state index is 5.61. The molecule has 0 unspecified atom stereocenters. The van der Waals surface area contributed by atoms with Gasteiger partial charge >= 0.3 is 0 Å². The lowest BCUT2D eigenvalue weighted by atomic mass is 9.98. The van der Waals surface area contributed by atoms with Crippen molar-refractivity contribution >= 4 is 23.5 Å². The summed E-state index contributed by atoms with van der Waals surface area (Å²) in [6.07, 6.45) is 5.89. The second kappa shape index (κ2) is 7.85. The molecule has 1 aromatic carbocycles. The molecular formula is C20H23N3O2S. The van der Waals surface area contributed by atoms with Gasteiger partial charge in [-0.15, -0.1) is 16.4 Å². The molecule has 0 bridgehead atoms. The number of thiazole rings is 1. The van der Waals surface area contributed by atoms with Crippen molar-refractivity contribution in [1.29, 1.82) is 0 Å². The zero-order valence-electron chi connectivity index (χ0n) is 15.5. The molecule has 3 aromatic rings. The molecule has 0 saturated heterocycles. The maximum Gasteiger partial charge on any atom is 0.242 e. The molecule has 0 aliphatic rings. The van der Waals surface area contributed by atoms with E-state index in [0.717, 1.165) is 22.0 Å². The number of aromatic nitrogens is 3. The Hall–Kier alpha value is -2.44. The molecule has 136 valence electrons. The first-order valence-corrected chi connectivity index (χ1v) is 9.26. The monoisotopic (exact) mass is 369 g/mol. The lowest BCUT2D eigenvalue weighted by molar-refractivity contribution is 0.0474. The van der Waals surface area contributed by atoms with Crippen molar-refractivity contribution in [2.75, 3.05) is 13.9 Å². The molecule has 0 aliphatic carbocycles. The third-order valence-electron chi connectivity index (χ3n) is 3.64. The molecule has 0 amide bonds. The van der Waals surface area contributed by atoms with Crippen molar-refractivity contribution in [2.45, 2.75) is 26.2 Å². The number of rotatable bonds is 6. The number of para-hydroxylation sites is 1. The van der Waals surface area contributed by atoms with Gasteiger partial charge in [-0.3, -0.25) is 0 Å². The summed E-state index contributed by atoms with van der Waals surface area (Å²) < 4.78 is 12.4. The van der Waals surface area contributed by atoms with E-state index in [-0.39, 0.29) is 12.2 Å². The molecule has 0 fully saturated rings. The van der Waals surface area contributed by atoms with Gasteiger partial charge in [0.2, 0.25) is 5.88 Å². The molecule has 0 saturated carbocycles. The summed E-state index contributed by atoms with van der Waals surface area (Å²) in [5, 5.41) is 7.70. The van der Waals surface area contributed by atoms with E-state index in [4.69, 9.17) is 14.5 Å². The second-order valence-corrected chi connectivity index (χ2v) is 7.74. The van der Waals surface area contributed by atoms with Crippen molar-refractivity contribution in [3.05, 3.63) is 58.2 Å². The number of hydrogen-bond donors (Lipinski definition) is 0. The minimum atomic E-state index is 0.0572. The predicted molar refractivity (Wildman–Crippen MR) is 106 cm³/mol. The SMILES string of the molecule is COCOc1nn(-c2ccccc2)cc1/C=C/c1csc(C(C)(C)C)n1. The highest BCUT2D eigenvalue weighted by molar-refractivity contribution is 7.09. The minimum absolute atomic E-state index is 0.0572. The zero-order chi connectivity index (χ0) is 18.6. The topological polar surface area (TPSA) is 49.2 Å². The molecule has 0 radical (unpaired) electrons. The van der Waals surface area contributed by atoms with E-state index >= 15 is 0 Å². The number of benzene rings is 1. The Morgan fingerprint density at radius 2 is 1.92 bits per heavy atom. The van der Waals surface area contributed by atoms with Crippen LogP contribution in [0.1, 0.15) is 37.0 Å². The van der Waals surface area contributed by atoms with Gasteiger partial charge in [0.25, 0.3) is 0 Å². The van der Waals surface area contributed by atoms with Crippen LogP contribution in [-0.2, 0) is 10.2 Å². The fourth-order valence-electron chi connectivity index (χ4n) is 2.31. The van der Waals surface area contributed by atoms with Crippen molar-refractivity contribution in [2.24, 2.45) is 0 Å². The summed E-state index contributed by atoms with van der Waals surface area (Å²) in [7, 11) is 1.59. The largest absolute Gasteiger partial charge is 0.449 e. The van der Waals surface area contributed by atoms with Crippen molar-refractivity contribution in [1.82, 2.24) is 14.8 Å². The highest BCUT2D eigenvalue weighted by Crippen LogP contribution is 2.27. The van der Waals surface area contributed by atoms with Crippen LogP contribution in [0, 0.1) is 0 Å². The van der Waals surface area contributed by atoms with Gasteiger partial charge in [0, 0.05) is 24.1 Å². The Morgan fingerprint density at radius 3 is 2.58 bits per heavy atom. The van der Waals surface area contributed by atoms with E-state index in [2.05, 4.69) is 31.2 Å². The van der Waals surface area contributed by atoms with Crippen LogP contribution >= 0.6 is 11.3 Å². The van der Waals surface area contributed by atoms with E-state index in [0.29, 0.717) is 5.88 Å². The molecular weight excluding hydrogens is 346 g/mol. The van der Waals surface area contributed by atoms with Gasteiger partial charge in [-0.2, -0.15) is 0 Å². The van der Waals surface area contributed by atoms with Crippen LogP contribution in [0.3, 0.4) is 0 Å². The average molecular weight is 369 g/mol. The van der Waals surface area contributed by atoms with Crippen LogP contribution in [0.4, 0.5) is 0 Å². The summed E-state index contributed by atoms with van der Waals surface area (Å²) in [4.78, 5) is 4.69. The molecule has 0 aliphatic heterocycles. The van der Waals surface area contributed by atoms with Crippen LogP contribution in [0.5, 0.6) is 5.88 Å². The standard InChI is InChI=1S/C20H23N3O2S/c1-20(2,3)19-21-16(13-26-19)11-10-15-12-23(17-8-6-5-7-9-17)22-18(15)25-14-24-4/h5-13H,14H2,1-4H3/b11-10+. The third-order valence-corrected chi connectivity index (χ3v) is 4.92. The van der Waals surface area contributed by atoms with Crippen molar-refractivity contribution in [3.63, 3.8) is 0 Å². The fraction of sp³-hybridized carbons (Fsp3) is 0.300. The van der Waals surface area contributed by atoms with Crippen molar-refractivity contribution in [3.8, 4) is 11.6 Å². The first kappa shape index (κ1) is 18.4. The summed E-state index contributed by atoms with van der Waals surface area (Å²) in [6.45, 7) is 6.65. The van der Waals surface area contributed by atoms with Gasteiger partial charge in [-0.05, 0) is 24.3 Å². The Morgan fingerprint density at radius 1 is 1.15 bits per heavy atom. The second-order valence-electron chi connectivity index (χ2n) is 6.88. The third kappa shape index (κ3) is 4.39. The van der Waals surface area contributed by atoms with E-state index in [1.807, 2.05) is 48.7 Å². The van der Waals surface area contributed by atoms with E-state index < -0.39 is 0 Å². The molecule has 3 rings (SSSR count). The minimum Gasteiger partial charge on any atom is -0.449 e. The number of methoxy groups -OCH3 is 1. The summed E-state index contributed by atoms with van der Waals surface area (Å²) in [6, 6.07) is 9.93. The van der Waals surface area contributed by atoms with Crippen LogP contribution in [0.15, 0.2) is 41.9 Å². The molecule has 5 nitrogen and oxygen atoms in total. The van der Waals surface area contributed by atoms with Crippen LogP contribution < -0.4 is 4.74 Å². The van der Waals surface area contributed by atoms with Gasteiger partial charge in [0.1, 0.15) is 0 Å². The molecule has 2 aromatic heterocycles. The Kier molecular flexibility index (Phi) is 5.54. The average Bonchev–Trinajstić information content (AvgIpc) is 3.25. The van der Waals surface area contributed by atoms with Gasteiger partial charge in [0.05, 0.1) is 22.0 Å². The van der Waals surface area contributed by atoms with Crippen LogP contribution in [0.25, 0.3) is 17.8 Å². The van der Waals surface area contributed by atoms with E-state index in [1.54, 1.807) is 23.1 Å². The molecule has 0 spiro atoms. The molecule has 26 heavy (non-hydrogen) atoms. The Bertz CT molecular complexity index is 876. The zero-order valence-corrected chi connectivity index (χ0v) is 16.3. The lowest BCUT2D eigenvalue weighted by Crippen LogP contribution is -2.10. The summed E-state index contributed by atoms with van der Waals surface area (Å²) in [5.74, 6) is 0.526. The van der Waals surface area contributed by atoms with Gasteiger partial charge in [-0.25, -0.2) is 9.67 Å². The fourth-order valence-corrected chi connectivity index (χ4v) is 3.18. The normalized spacial score (nSPS) is 12.0. The first-order valence-electron chi connectivity index (χ1n) is 8.38. The Balaban J connectivity index is 1.88. The maximum absolute atomic E-state index is 5.61. The Labute approximate surface area is 157 Å². The molecule has 0 N–H and O–H groups in total. The van der Waals surface area contributed by atoms with Crippen LogP contribution in [-0.4, -0.2) is 28.7 Å². The highest BCUT2D eigenvalue weighted by Gasteiger charge is 2.17. The molecule has 6 heteroatoms. The summed E-state index contributed by atoms with van der Waals surface area (Å²) >= 11 is 1.68. The number of ether oxygens (including phenoxy) is 2. The van der Waals surface area contributed by atoms with E-state index in [1.165, 1.54) is 0 Å². The van der Waals surface area contributed by atoms with Gasteiger partial charge in [0.15, 0.2) is 6.79 Å². The molecule has 2 heterocycles. The van der Waals surface area contributed by atoms with E-state index in [9.17, 15) is 0 Å². The number of nitrogens with zero attached hydrogens (tertiary/aromatic N) is 3. The van der Waals surface area contributed by atoms with Crippen molar-refractivity contribution < 1.29 is 9.47 Å². The quantitative estimate of drug-likeness (QED) is 0.587. The van der Waals surface area contributed by atoms with Gasteiger partial charge in [-0.1, -0.05) is 39.0 Å². The number of hydrogen-bond acceptors (Lipinski definition) is 5. The smallest absolute Gasteiger partial charge is 0.242 e. The lowest BCUT2D eigenvalue weighted by Gasteiger charge is -2.13. The van der Waals surface area contributed by atoms with Gasteiger partial charge < -0.3 is 9.47 Å². The highest BCUT2D eigenvalue weighted by atomic mass is 32.1. The first-order chi connectivity index (χ1) is 12.5. The molecule has 0 atom stereocenters. The summed E-state index contributed by atoms with van der Waals surface area (Å²) in [5.41, 5.74) is 2.83.